The highest BCUT2D eigenvalue weighted by Gasteiger charge is 2.36. The van der Waals surface area contributed by atoms with Crippen LogP contribution in [-0.4, -0.2) is 31.5 Å². The molecule has 1 rings (SSSR count). The maximum Gasteiger partial charge on any atom is 0.415 e. The molecule has 1 amide bonds. The number of hydrogen-bond acceptors (Lipinski definition) is 3. The minimum Gasteiger partial charge on any atom is -0.497 e. The second kappa shape index (κ2) is 6.82. The molecule has 0 fully saturated rings. The van der Waals surface area contributed by atoms with Crippen molar-refractivity contribution in [3.8, 4) is 18.1 Å². The molecule has 0 radical (unpaired) electrons. The van der Waals surface area contributed by atoms with Gasteiger partial charge in [-0.1, -0.05) is 5.92 Å². The Morgan fingerprint density at radius 2 is 1.87 bits per heavy atom. The van der Waals surface area contributed by atoms with Crippen LogP contribution in [0.25, 0.3) is 0 Å². The van der Waals surface area contributed by atoms with E-state index < -0.39 is 24.4 Å². The highest BCUT2D eigenvalue weighted by molar-refractivity contribution is 5.88. The van der Waals surface area contributed by atoms with Gasteiger partial charge in [0.1, 0.15) is 17.9 Å². The zero-order valence-corrected chi connectivity index (χ0v) is 13.3. The number of terminal acetylenes is 1. The summed E-state index contributed by atoms with van der Waals surface area (Å²) in [7, 11) is 1.35. The zero-order valence-electron chi connectivity index (χ0n) is 13.3. The maximum atomic E-state index is 12.8. The number of hydrogen-bond donors (Lipinski definition) is 0. The molecule has 1 aromatic carbocycles. The average molecular weight is 329 g/mol. The highest BCUT2D eigenvalue weighted by atomic mass is 19.4. The summed E-state index contributed by atoms with van der Waals surface area (Å²) in [4.78, 5) is 12.6. The van der Waals surface area contributed by atoms with Gasteiger partial charge in [-0.2, -0.15) is 13.2 Å². The van der Waals surface area contributed by atoms with E-state index in [1.807, 2.05) is 0 Å². The van der Waals surface area contributed by atoms with Crippen molar-refractivity contribution >= 4 is 11.8 Å². The molecule has 0 saturated carbocycles. The molecule has 0 aliphatic rings. The van der Waals surface area contributed by atoms with Gasteiger partial charge in [-0.05, 0) is 32.9 Å². The van der Waals surface area contributed by atoms with E-state index in [0.29, 0.717) is 4.90 Å². The molecule has 1 aromatic rings. The Kier molecular flexibility index (Phi) is 5.54. The lowest BCUT2D eigenvalue weighted by Crippen LogP contribution is -2.42. The van der Waals surface area contributed by atoms with Crippen LogP contribution in [0.2, 0.25) is 0 Å². The number of anilines is 1. The van der Waals surface area contributed by atoms with Crippen LogP contribution in [0.1, 0.15) is 26.3 Å². The molecule has 7 heteroatoms. The molecule has 0 bridgehead atoms. The van der Waals surface area contributed by atoms with E-state index in [0.717, 1.165) is 0 Å². The van der Waals surface area contributed by atoms with Crippen molar-refractivity contribution in [3.63, 3.8) is 0 Å². The second-order valence-corrected chi connectivity index (χ2v) is 5.75. The van der Waals surface area contributed by atoms with Crippen molar-refractivity contribution in [1.29, 1.82) is 0 Å². The van der Waals surface area contributed by atoms with Crippen molar-refractivity contribution in [3.05, 3.63) is 23.8 Å². The Labute approximate surface area is 133 Å². The van der Waals surface area contributed by atoms with Gasteiger partial charge in [0.15, 0.2) is 0 Å². The van der Waals surface area contributed by atoms with E-state index in [1.165, 1.54) is 25.3 Å². The molecular formula is C16H18F3NO3. The number of carbonyl (C=O) groups is 1. The molecule has 0 aromatic heterocycles. The van der Waals surface area contributed by atoms with Crippen molar-refractivity contribution in [2.45, 2.75) is 32.5 Å². The summed E-state index contributed by atoms with van der Waals surface area (Å²) in [6.07, 6.45) is -0.435. The van der Waals surface area contributed by atoms with Crippen LogP contribution in [0.4, 0.5) is 23.7 Å². The molecule has 4 nitrogen and oxygen atoms in total. The van der Waals surface area contributed by atoms with Gasteiger partial charge in [0.25, 0.3) is 0 Å². The third-order valence-corrected chi connectivity index (χ3v) is 2.56. The molecule has 0 aliphatic heterocycles. The smallest absolute Gasteiger partial charge is 0.415 e. The van der Waals surface area contributed by atoms with Crippen LogP contribution >= 0.6 is 0 Å². The molecular weight excluding hydrogens is 311 g/mol. The Balaban J connectivity index is 3.29. The molecule has 0 aliphatic carbocycles. The summed E-state index contributed by atoms with van der Waals surface area (Å²) in [6, 6.07) is 4.05. The minimum atomic E-state index is -4.60. The number of nitrogens with zero attached hydrogens (tertiary/aromatic N) is 1. The van der Waals surface area contributed by atoms with Gasteiger partial charge in [0.05, 0.1) is 12.8 Å². The van der Waals surface area contributed by atoms with Gasteiger partial charge >= 0.3 is 12.3 Å². The number of halogens is 3. The number of carbonyl (C=O) groups excluding carboxylic acids is 1. The molecule has 126 valence electrons. The normalized spacial score (nSPS) is 11.6. The SMILES string of the molecule is C#Cc1cc(OC)cc(N(CC(F)(F)F)C(=O)OC(C)(C)C)c1. The number of alkyl halides is 3. The van der Waals surface area contributed by atoms with E-state index in [4.69, 9.17) is 15.9 Å². The largest absolute Gasteiger partial charge is 0.497 e. The first-order chi connectivity index (χ1) is 10.4. The fraction of sp³-hybridized carbons (Fsp3) is 0.438. The third kappa shape index (κ3) is 6.10. The van der Waals surface area contributed by atoms with Gasteiger partial charge in [-0.15, -0.1) is 6.42 Å². The summed E-state index contributed by atoms with van der Waals surface area (Å²) in [5.74, 6) is 2.55. The van der Waals surface area contributed by atoms with E-state index in [1.54, 1.807) is 20.8 Å². The first kappa shape index (κ1) is 18.7. The van der Waals surface area contributed by atoms with Crippen LogP contribution in [0.15, 0.2) is 18.2 Å². The Bertz CT molecular complexity index is 612. The fourth-order valence-electron chi connectivity index (χ4n) is 1.70. The summed E-state index contributed by atoms with van der Waals surface area (Å²) in [5, 5.41) is 0. The molecule has 0 unspecified atom stereocenters. The Hall–Kier alpha value is -2.36. The quantitative estimate of drug-likeness (QED) is 0.787. The van der Waals surface area contributed by atoms with Crippen molar-refractivity contribution in [2.24, 2.45) is 0 Å². The monoisotopic (exact) mass is 329 g/mol. The van der Waals surface area contributed by atoms with Crippen LogP contribution in [0.5, 0.6) is 5.75 Å². The lowest BCUT2D eigenvalue weighted by atomic mass is 10.1. The summed E-state index contributed by atoms with van der Waals surface area (Å²) >= 11 is 0. The number of ether oxygens (including phenoxy) is 2. The number of methoxy groups -OCH3 is 1. The Morgan fingerprint density at radius 1 is 1.26 bits per heavy atom. The maximum absolute atomic E-state index is 12.8. The summed E-state index contributed by atoms with van der Waals surface area (Å²) in [6.45, 7) is 3.19. The first-order valence-electron chi connectivity index (χ1n) is 6.68. The first-order valence-corrected chi connectivity index (χ1v) is 6.68. The van der Waals surface area contributed by atoms with Crippen molar-refractivity contribution < 1.29 is 27.4 Å². The lowest BCUT2D eigenvalue weighted by molar-refractivity contribution is -0.119. The van der Waals surface area contributed by atoms with Crippen LogP contribution in [0.3, 0.4) is 0 Å². The van der Waals surface area contributed by atoms with Crippen molar-refractivity contribution in [1.82, 2.24) is 0 Å². The summed E-state index contributed by atoms with van der Waals surface area (Å²) < 4.78 is 48.5. The molecule has 0 N–H and O–H groups in total. The minimum absolute atomic E-state index is 0.0520. The van der Waals surface area contributed by atoms with Crippen LogP contribution in [0, 0.1) is 12.3 Å². The predicted molar refractivity (Wildman–Crippen MR) is 80.6 cm³/mol. The third-order valence-electron chi connectivity index (χ3n) is 2.56. The lowest BCUT2D eigenvalue weighted by Gasteiger charge is -2.28. The Morgan fingerprint density at radius 3 is 2.30 bits per heavy atom. The topological polar surface area (TPSA) is 38.8 Å². The molecule has 0 atom stereocenters. The fourth-order valence-corrected chi connectivity index (χ4v) is 1.70. The number of benzene rings is 1. The predicted octanol–water partition coefficient (Wildman–Crippen LogP) is 3.98. The molecule has 23 heavy (non-hydrogen) atoms. The average Bonchev–Trinajstić information content (AvgIpc) is 2.41. The molecule has 0 heterocycles. The molecule has 0 spiro atoms. The standard InChI is InChI=1S/C16H18F3NO3/c1-6-11-7-12(9-13(8-11)22-5)20(10-16(17,18)19)14(21)23-15(2,3)4/h1,7-9H,10H2,2-5H3. The van der Waals surface area contributed by atoms with Gasteiger partial charge in [-0.3, -0.25) is 4.90 Å². The summed E-state index contributed by atoms with van der Waals surface area (Å²) in [5.41, 5.74) is -0.701. The second-order valence-electron chi connectivity index (χ2n) is 5.75. The van der Waals surface area contributed by atoms with E-state index >= 15 is 0 Å². The van der Waals surface area contributed by atoms with Gasteiger partial charge in [0, 0.05) is 11.6 Å². The molecule has 0 saturated heterocycles. The van der Waals surface area contributed by atoms with Crippen molar-refractivity contribution in [2.75, 3.05) is 18.6 Å². The van der Waals surface area contributed by atoms with Gasteiger partial charge in [-0.25, -0.2) is 4.79 Å². The number of rotatable bonds is 3. The van der Waals surface area contributed by atoms with Crippen LogP contribution in [-0.2, 0) is 4.74 Å². The van der Waals surface area contributed by atoms with E-state index in [9.17, 15) is 18.0 Å². The van der Waals surface area contributed by atoms with E-state index in [2.05, 4.69) is 5.92 Å². The van der Waals surface area contributed by atoms with Gasteiger partial charge in [0.2, 0.25) is 0 Å². The zero-order chi connectivity index (χ0) is 17.8. The highest BCUT2D eigenvalue weighted by Crippen LogP contribution is 2.28. The van der Waals surface area contributed by atoms with E-state index in [-0.39, 0.29) is 17.0 Å². The number of amides is 1. The van der Waals surface area contributed by atoms with Gasteiger partial charge < -0.3 is 9.47 Å². The van der Waals surface area contributed by atoms with Crippen LogP contribution < -0.4 is 9.64 Å².